The fourth-order valence-corrected chi connectivity index (χ4v) is 4.74. The molecule has 0 spiro atoms. The van der Waals surface area contributed by atoms with Gasteiger partial charge in [-0.25, -0.2) is 0 Å². The van der Waals surface area contributed by atoms with Crippen molar-refractivity contribution in [1.29, 1.82) is 0 Å². The smallest absolute Gasteiger partial charge is 0.256 e. The molecule has 8 heteroatoms. The zero-order valence-corrected chi connectivity index (χ0v) is 18.7. The molecule has 1 saturated heterocycles. The predicted molar refractivity (Wildman–Crippen MR) is 116 cm³/mol. The molecule has 3 heterocycles. The summed E-state index contributed by atoms with van der Waals surface area (Å²) in [5.74, 6) is 0.145. The number of hydrogen-bond acceptors (Lipinski definition) is 4. The zero-order chi connectivity index (χ0) is 21.6. The number of H-pyrrole nitrogens is 1. The van der Waals surface area contributed by atoms with E-state index in [0.29, 0.717) is 41.5 Å². The Morgan fingerprint density at radius 3 is 2.70 bits per heavy atom. The molecule has 0 radical (unpaired) electrons. The summed E-state index contributed by atoms with van der Waals surface area (Å²) in [4.78, 5) is 30.2. The number of pyridine rings is 1. The zero-order valence-electron chi connectivity index (χ0n) is 17.2. The van der Waals surface area contributed by atoms with Gasteiger partial charge in [0.25, 0.3) is 11.5 Å². The van der Waals surface area contributed by atoms with Crippen LogP contribution in [-0.2, 0) is 17.7 Å². The Balaban J connectivity index is 1.64. The van der Waals surface area contributed by atoms with Gasteiger partial charge >= 0.3 is 0 Å². The minimum Gasteiger partial charge on any atom is -0.486 e. The van der Waals surface area contributed by atoms with Crippen LogP contribution in [0.4, 0.5) is 0 Å². The maximum atomic E-state index is 13.3. The first-order valence-corrected chi connectivity index (χ1v) is 10.8. The third-order valence-corrected chi connectivity index (χ3v) is 6.43. The fourth-order valence-electron chi connectivity index (χ4n) is 4.16. The molecule has 1 aromatic carbocycles. The molecule has 2 atom stereocenters. The summed E-state index contributed by atoms with van der Waals surface area (Å²) >= 11 is 13.1. The van der Waals surface area contributed by atoms with Crippen LogP contribution in [0.1, 0.15) is 46.1 Å². The Bertz CT molecular complexity index is 1070. The standard InChI is InChI=1S/C22H24Cl2N2O4/c1-11-6-12(2)25-21(27)16(11)9-26-5-4-15-17(23)8-18(20(24)19(15)22(26)28)30-14-7-13(3)29-10-14/h6,8,13-14H,4-5,7,9-10H2,1-3H3,(H,25,27)/t13-,14+/m0/s1. The van der Waals surface area contributed by atoms with E-state index in [9.17, 15) is 9.59 Å². The highest BCUT2D eigenvalue weighted by molar-refractivity contribution is 6.38. The number of carbonyl (C=O) groups is 1. The largest absolute Gasteiger partial charge is 0.486 e. The van der Waals surface area contributed by atoms with Gasteiger partial charge in [-0.1, -0.05) is 23.2 Å². The second-order valence-electron chi connectivity index (χ2n) is 8.06. The average molecular weight is 451 g/mol. The van der Waals surface area contributed by atoms with E-state index in [-0.39, 0.29) is 35.2 Å². The Labute approximate surface area is 185 Å². The van der Waals surface area contributed by atoms with Crippen LogP contribution in [-0.4, -0.2) is 41.2 Å². The minimum atomic E-state index is -0.246. The number of fused-ring (bicyclic) bond motifs is 1. The number of nitrogens with one attached hydrogen (secondary N) is 1. The minimum absolute atomic E-state index is 0.120. The highest BCUT2D eigenvalue weighted by atomic mass is 35.5. The Morgan fingerprint density at radius 1 is 1.27 bits per heavy atom. The number of halogens is 2. The lowest BCUT2D eigenvalue weighted by atomic mass is 9.97. The van der Waals surface area contributed by atoms with Crippen molar-refractivity contribution in [1.82, 2.24) is 9.88 Å². The Hall–Kier alpha value is -2.02. The molecule has 0 bridgehead atoms. The van der Waals surface area contributed by atoms with E-state index in [1.165, 1.54) is 0 Å². The maximum Gasteiger partial charge on any atom is 0.256 e. The van der Waals surface area contributed by atoms with E-state index >= 15 is 0 Å². The van der Waals surface area contributed by atoms with Crippen molar-refractivity contribution in [2.75, 3.05) is 13.2 Å². The lowest BCUT2D eigenvalue weighted by molar-refractivity contribution is 0.0725. The number of carbonyl (C=O) groups excluding carboxylic acids is 1. The number of nitrogens with zero attached hydrogens (tertiary/aromatic N) is 1. The van der Waals surface area contributed by atoms with Gasteiger partial charge in [0.2, 0.25) is 0 Å². The Morgan fingerprint density at radius 2 is 2.03 bits per heavy atom. The quantitative estimate of drug-likeness (QED) is 0.762. The van der Waals surface area contributed by atoms with E-state index < -0.39 is 0 Å². The summed E-state index contributed by atoms with van der Waals surface area (Å²) in [7, 11) is 0. The van der Waals surface area contributed by atoms with Gasteiger partial charge in [0.15, 0.2) is 0 Å². The van der Waals surface area contributed by atoms with Crippen molar-refractivity contribution < 1.29 is 14.3 Å². The van der Waals surface area contributed by atoms with Crippen LogP contribution >= 0.6 is 23.2 Å². The number of amides is 1. The van der Waals surface area contributed by atoms with Gasteiger partial charge in [-0.2, -0.15) is 0 Å². The van der Waals surface area contributed by atoms with Gasteiger partial charge in [0.1, 0.15) is 11.9 Å². The van der Waals surface area contributed by atoms with Crippen LogP contribution < -0.4 is 10.3 Å². The summed E-state index contributed by atoms with van der Waals surface area (Å²) < 4.78 is 11.6. The number of rotatable bonds is 4. The van der Waals surface area contributed by atoms with Gasteiger partial charge in [-0.15, -0.1) is 0 Å². The summed E-state index contributed by atoms with van der Waals surface area (Å²) in [6.07, 6.45) is 1.30. The molecule has 0 aliphatic carbocycles. The predicted octanol–water partition coefficient (Wildman–Crippen LogP) is 4.05. The number of hydrogen-bond donors (Lipinski definition) is 1. The van der Waals surface area contributed by atoms with Gasteiger partial charge in [0.05, 0.1) is 29.8 Å². The summed E-state index contributed by atoms with van der Waals surface area (Å²) in [6, 6.07) is 3.59. The van der Waals surface area contributed by atoms with Crippen molar-refractivity contribution in [3.8, 4) is 5.75 Å². The third-order valence-electron chi connectivity index (χ3n) is 5.71. The monoisotopic (exact) mass is 450 g/mol. The molecule has 30 heavy (non-hydrogen) atoms. The van der Waals surface area contributed by atoms with Crippen molar-refractivity contribution in [2.45, 2.75) is 52.4 Å². The number of benzene rings is 1. The lowest BCUT2D eigenvalue weighted by Gasteiger charge is -2.30. The first kappa shape index (κ1) is 21.2. The topological polar surface area (TPSA) is 71.6 Å². The summed E-state index contributed by atoms with van der Waals surface area (Å²) in [6.45, 7) is 6.85. The van der Waals surface area contributed by atoms with Crippen molar-refractivity contribution in [3.63, 3.8) is 0 Å². The molecule has 1 aromatic heterocycles. The maximum absolute atomic E-state index is 13.3. The molecule has 160 valence electrons. The normalized spacial score (nSPS) is 21.1. The molecule has 1 fully saturated rings. The van der Waals surface area contributed by atoms with Crippen molar-refractivity contribution >= 4 is 29.1 Å². The summed E-state index contributed by atoms with van der Waals surface area (Å²) in [5, 5.41) is 0.729. The van der Waals surface area contributed by atoms with Crippen molar-refractivity contribution in [3.05, 3.63) is 60.5 Å². The molecular formula is C22H24Cl2N2O4. The first-order valence-electron chi connectivity index (χ1n) is 10.0. The Kier molecular flexibility index (Phi) is 5.84. The second-order valence-corrected chi connectivity index (χ2v) is 8.85. The van der Waals surface area contributed by atoms with Crippen LogP contribution in [0.15, 0.2) is 16.9 Å². The first-order chi connectivity index (χ1) is 14.2. The number of aromatic amines is 1. The molecule has 2 aliphatic rings. The van der Waals surface area contributed by atoms with Gasteiger partial charge in [-0.3, -0.25) is 9.59 Å². The molecule has 6 nitrogen and oxygen atoms in total. The average Bonchev–Trinajstić information content (AvgIpc) is 3.08. The molecule has 2 aromatic rings. The molecule has 0 saturated carbocycles. The van der Waals surface area contributed by atoms with Gasteiger partial charge in [-0.05, 0) is 44.4 Å². The third kappa shape index (κ3) is 3.96. The second kappa shape index (κ2) is 8.25. The van der Waals surface area contributed by atoms with E-state index in [1.54, 1.807) is 11.0 Å². The van der Waals surface area contributed by atoms with E-state index in [0.717, 1.165) is 23.2 Å². The number of aryl methyl sites for hydroxylation is 2. The fraction of sp³-hybridized carbons (Fsp3) is 0.455. The van der Waals surface area contributed by atoms with Crippen LogP contribution in [0, 0.1) is 13.8 Å². The SMILES string of the molecule is Cc1cc(C)c(CN2CCc3c(Cl)cc(O[C@H]4CO[C@@H](C)C4)c(Cl)c3C2=O)c(=O)[nH]1. The highest BCUT2D eigenvalue weighted by Crippen LogP contribution is 2.40. The molecule has 1 amide bonds. The van der Waals surface area contributed by atoms with Crippen molar-refractivity contribution in [2.24, 2.45) is 0 Å². The van der Waals surface area contributed by atoms with Gasteiger partial charge in [0, 0.05) is 35.3 Å². The molecule has 4 rings (SSSR count). The number of ether oxygens (including phenoxy) is 2. The van der Waals surface area contributed by atoms with Crippen LogP contribution in [0.25, 0.3) is 0 Å². The molecule has 0 unspecified atom stereocenters. The lowest BCUT2D eigenvalue weighted by Crippen LogP contribution is -2.39. The number of aromatic nitrogens is 1. The van der Waals surface area contributed by atoms with Crippen LogP contribution in [0.3, 0.4) is 0 Å². The van der Waals surface area contributed by atoms with Crippen LogP contribution in [0.5, 0.6) is 5.75 Å². The highest BCUT2D eigenvalue weighted by Gasteiger charge is 2.32. The van der Waals surface area contributed by atoms with E-state index in [2.05, 4.69) is 4.98 Å². The molecular weight excluding hydrogens is 427 g/mol. The van der Waals surface area contributed by atoms with E-state index in [1.807, 2.05) is 26.8 Å². The van der Waals surface area contributed by atoms with Crippen LogP contribution in [0.2, 0.25) is 10.0 Å². The van der Waals surface area contributed by atoms with Gasteiger partial charge < -0.3 is 19.4 Å². The molecule has 2 aliphatic heterocycles. The van der Waals surface area contributed by atoms with E-state index in [4.69, 9.17) is 32.7 Å². The summed E-state index contributed by atoms with van der Waals surface area (Å²) in [5.41, 5.74) is 3.12. The molecule has 1 N–H and O–H groups in total.